The summed E-state index contributed by atoms with van der Waals surface area (Å²) < 4.78 is 8.42. The molecule has 170 valence electrons. The minimum Gasteiger partial charge on any atom is -0.446 e. The number of ether oxygens (including phenoxy) is 1. The number of primary amides is 1. The summed E-state index contributed by atoms with van der Waals surface area (Å²) in [5.41, 5.74) is 8.79. The SMILES string of the molecule is Cc1ccc2c(c1)nc(C)n2[C@H]1CCN(C(=O)O[C@H]2C3CC4CC2C[C@](C(N)=O)(C4)C3)C1. The van der Waals surface area contributed by atoms with Crippen LogP contribution in [0.4, 0.5) is 4.79 Å². The van der Waals surface area contributed by atoms with Gasteiger partial charge in [-0.2, -0.15) is 0 Å². The van der Waals surface area contributed by atoms with Crippen molar-refractivity contribution in [1.29, 1.82) is 0 Å². The van der Waals surface area contributed by atoms with Crippen molar-refractivity contribution in [2.45, 2.75) is 64.5 Å². The van der Waals surface area contributed by atoms with Gasteiger partial charge < -0.3 is 19.9 Å². The van der Waals surface area contributed by atoms with Gasteiger partial charge in [0, 0.05) is 13.1 Å². The van der Waals surface area contributed by atoms with Gasteiger partial charge in [0.25, 0.3) is 0 Å². The topological polar surface area (TPSA) is 90.4 Å². The van der Waals surface area contributed by atoms with Crippen molar-refractivity contribution in [2.75, 3.05) is 13.1 Å². The molecule has 2 aromatic rings. The number of hydrogen-bond donors (Lipinski definition) is 1. The Morgan fingerprint density at radius 2 is 1.91 bits per heavy atom. The van der Waals surface area contributed by atoms with E-state index >= 15 is 0 Å². The number of likely N-dealkylation sites (tertiary alicyclic amines) is 1. The quantitative estimate of drug-likeness (QED) is 0.794. The number of amides is 2. The first-order valence-corrected chi connectivity index (χ1v) is 12.0. The van der Waals surface area contributed by atoms with E-state index in [-0.39, 0.29) is 41.4 Å². The van der Waals surface area contributed by atoms with Crippen LogP contribution >= 0.6 is 0 Å². The molecule has 1 aromatic carbocycles. The summed E-state index contributed by atoms with van der Waals surface area (Å²) in [5, 5.41) is 0. The Labute approximate surface area is 188 Å². The Bertz CT molecular complexity index is 1090. The summed E-state index contributed by atoms with van der Waals surface area (Å²) >= 11 is 0. The number of benzene rings is 1. The summed E-state index contributed by atoms with van der Waals surface area (Å²) in [6.45, 7) is 5.47. The van der Waals surface area contributed by atoms with Crippen LogP contribution < -0.4 is 5.73 Å². The van der Waals surface area contributed by atoms with Crippen molar-refractivity contribution in [2.24, 2.45) is 28.9 Å². The summed E-state index contributed by atoms with van der Waals surface area (Å²) in [6.07, 6.45) is 5.27. The highest BCUT2D eigenvalue weighted by Gasteiger charge is 2.59. The number of hydrogen-bond acceptors (Lipinski definition) is 4. The molecule has 7 heteroatoms. The van der Waals surface area contributed by atoms with Gasteiger partial charge in [-0.1, -0.05) is 6.07 Å². The van der Waals surface area contributed by atoms with Crippen LogP contribution in [0.3, 0.4) is 0 Å². The molecular formula is C25H32N4O3. The van der Waals surface area contributed by atoms with Crippen molar-refractivity contribution in [1.82, 2.24) is 14.5 Å². The van der Waals surface area contributed by atoms with Crippen LogP contribution in [0, 0.1) is 37.0 Å². The van der Waals surface area contributed by atoms with Crippen molar-refractivity contribution in [3.63, 3.8) is 0 Å². The molecule has 1 aliphatic heterocycles. The Morgan fingerprint density at radius 3 is 2.62 bits per heavy atom. The summed E-state index contributed by atoms with van der Waals surface area (Å²) in [7, 11) is 0. The third-order valence-electron chi connectivity index (χ3n) is 8.75. The van der Waals surface area contributed by atoms with Crippen LogP contribution in [0.5, 0.6) is 0 Å². The predicted molar refractivity (Wildman–Crippen MR) is 120 cm³/mol. The molecule has 1 aromatic heterocycles. The molecule has 4 bridgehead atoms. The Hall–Kier alpha value is -2.57. The summed E-state index contributed by atoms with van der Waals surface area (Å²) in [5.74, 6) is 1.95. The molecule has 0 radical (unpaired) electrons. The predicted octanol–water partition coefficient (Wildman–Crippen LogP) is 3.72. The van der Waals surface area contributed by atoms with Gasteiger partial charge in [-0.15, -0.1) is 0 Å². The molecule has 1 saturated heterocycles. The normalized spacial score (nSPS) is 35.6. The number of imidazole rings is 1. The zero-order valence-electron chi connectivity index (χ0n) is 18.9. The van der Waals surface area contributed by atoms with Gasteiger partial charge in [0.2, 0.25) is 5.91 Å². The number of aromatic nitrogens is 2. The van der Waals surface area contributed by atoms with Crippen LogP contribution in [0.15, 0.2) is 18.2 Å². The smallest absolute Gasteiger partial charge is 0.410 e. The third-order valence-corrected chi connectivity index (χ3v) is 8.75. The Kier molecular flexibility index (Phi) is 4.37. The zero-order valence-corrected chi connectivity index (χ0v) is 18.9. The molecule has 2 heterocycles. The molecule has 3 atom stereocenters. The second-order valence-corrected chi connectivity index (χ2v) is 10.9. The van der Waals surface area contributed by atoms with Gasteiger partial charge in [-0.05, 0) is 87.8 Å². The van der Waals surface area contributed by atoms with E-state index in [1.807, 2.05) is 11.8 Å². The van der Waals surface area contributed by atoms with Crippen LogP contribution in [-0.2, 0) is 9.53 Å². The first kappa shape index (κ1) is 20.1. The highest BCUT2D eigenvalue weighted by molar-refractivity contribution is 5.81. The molecular weight excluding hydrogens is 404 g/mol. The summed E-state index contributed by atoms with van der Waals surface area (Å²) in [4.78, 5) is 31.9. The van der Waals surface area contributed by atoms with Crippen LogP contribution in [0.2, 0.25) is 0 Å². The van der Waals surface area contributed by atoms with Crippen LogP contribution in [-0.4, -0.2) is 45.6 Å². The lowest BCUT2D eigenvalue weighted by Crippen LogP contribution is -2.59. The Balaban J connectivity index is 1.16. The minimum absolute atomic E-state index is 0.0654. The van der Waals surface area contributed by atoms with Gasteiger partial charge >= 0.3 is 6.09 Å². The standard InChI is InChI=1S/C25H32N4O3/c1-14-3-4-21-20(7-14)27-15(2)29(21)19-5-6-28(13-19)24(31)32-22-17-8-16-9-18(22)12-25(10-16,11-17)23(26)30/h3-4,7,16-19,22H,5-6,8-13H2,1-2H3,(H2,26,30)/t16?,17?,18?,19-,22-,25-/m0/s1. The van der Waals surface area contributed by atoms with E-state index < -0.39 is 0 Å². The van der Waals surface area contributed by atoms with E-state index in [1.165, 1.54) is 5.56 Å². The van der Waals surface area contributed by atoms with Gasteiger partial charge in [0.1, 0.15) is 11.9 Å². The van der Waals surface area contributed by atoms with E-state index in [2.05, 4.69) is 29.7 Å². The maximum atomic E-state index is 13.1. The van der Waals surface area contributed by atoms with E-state index in [9.17, 15) is 9.59 Å². The van der Waals surface area contributed by atoms with Crippen molar-refractivity contribution >= 4 is 23.0 Å². The average molecular weight is 437 g/mol. The van der Waals surface area contributed by atoms with Crippen molar-refractivity contribution in [3.8, 4) is 0 Å². The second-order valence-electron chi connectivity index (χ2n) is 10.9. The van der Waals surface area contributed by atoms with E-state index in [1.54, 1.807) is 0 Å². The first-order valence-electron chi connectivity index (χ1n) is 12.0. The fourth-order valence-electron chi connectivity index (χ4n) is 7.57. The highest BCUT2D eigenvalue weighted by atomic mass is 16.6. The first-order chi connectivity index (χ1) is 15.3. The van der Waals surface area contributed by atoms with Gasteiger partial charge in [-0.3, -0.25) is 4.79 Å². The Morgan fingerprint density at radius 1 is 1.16 bits per heavy atom. The molecule has 5 aliphatic rings. The number of carbonyl (C=O) groups excluding carboxylic acids is 2. The van der Waals surface area contributed by atoms with E-state index in [0.717, 1.165) is 55.4 Å². The average Bonchev–Trinajstić information content (AvgIpc) is 3.33. The fraction of sp³-hybridized carbons (Fsp3) is 0.640. The minimum atomic E-state index is -0.351. The lowest BCUT2D eigenvalue weighted by molar-refractivity contribution is -0.161. The molecule has 0 spiro atoms. The molecule has 2 N–H and O–H groups in total. The summed E-state index contributed by atoms with van der Waals surface area (Å²) in [6, 6.07) is 6.58. The number of nitrogens with two attached hydrogens (primary N) is 1. The molecule has 7 rings (SSSR count). The molecule has 5 fully saturated rings. The largest absolute Gasteiger partial charge is 0.446 e. The van der Waals surface area contributed by atoms with Crippen LogP contribution in [0.1, 0.15) is 56.0 Å². The van der Waals surface area contributed by atoms with E-state index in [4.69, 9.17) is 15.5 Å². The molecule has 4 saturated carbocycles. The number of fused-ring (bicyclic) bond motifs is 1. The molecule has 32 heavy (non-hydrogen) atoms. The fourth-order valence-corrected chi connectivity index (χ4v) is 7.57. The maximum absolute atomic E-state index is 13.1. The molecule has 4 aliphatic carbocycles. The molecule has 2 amide bonds. The van der Waals surface area contributed by atoms with Crippen LogP contribution in [0.25, 0.3) is 11.0 Å². The zero-order chi connectivity index (χ0) is 22.2. The lowest BCUT2D eigenvalue weighted by Gasteiger charge is -2.58. The lowest BCUT2D eigenvalue weighted by atomic mass is 9.48. The molecule has 2 unspecified atom stereocenters. The number of nitrogens with zero attached hydrogens (tertiary/aromatic N) is 3. The van der Waals surface area contributed by atoms with Crippen molar-refractivity contribution < 1.29 is 14.3 Å². The number of aryl methyl sites for hydroxylation is 2. The monoisotopic (exact) mass is 436 g/mol. The number of rotatable bonds is 3. The second kappa shape index (κ2) is 6.96. The van der Waals surface area contributed by atoms with Gasteiger partial charge in [0.15, 0.2) is 0 Å². The maximum Gasteiger partial charge on any atom is 0.410 e. The van der Waals surface area contributed by atoms with Gasteiger partial charge in [0.05, 0.1) is 22.5 Å². The molecule has 7 nitrogen and oxygen atoms in total. The van der Waals surface area contributed by atoms with Crippen molar-refractivity contribution in [3.05, 3.63) is 29.6 Å². The third kappa shape index (κ3) is 2.96. The van der Waals surface area contributed by atoms with Gasteiger partial charge in [-0.25, -0.2) is 9.78 Å². The van der Waals surface area contributed by atoms with E-state index in [0.29, 0.717) is 19.0 Å². The number of carbonyl (C=O) groups is 2. The highest BCUT2D eigenvalue weighted by Crippen LogP contribution is 2.60.